The zero-order valence-corrected chi connectivity index (χ0v) is 14.8. The summed E-state index contributed by atoms with van der Waals surface area (Å²) in [5, 5.41) is 11.9. The number of rotatable bonds is 3. The molecule has 1 N–H and O–H groups in total. The van der Waals surface area contributed by atoms with Crippen LogP contribution in [0, 0.1) is 11.3 Å². The van der Waals surface area contributed by atoms with E-state index >= 15 is 0 Å². The number of benzene rings is 2. The minimum atomic E-state index is -0.141. The Balaban J connectivity index is 1.59. The molecule has 132 valence electrons. The number of fused-ring (bicyclic) bond motifs is 1. The first-order valence-corrected chi connectivity index (χ1v) is 8.67. The molecule has 3 aromatic rings. The van der Waals surface area contributed by atoms with Crippen LogP contribution in [0.2, 0.25) is 0 Å². The average Bonchev–Trinajstić information content (AvgIpc) is 3.04. The molecule has 6 heteroatoms. The van der Waals surface area contributed by atoms with Crippen molar-refractivity contribution in [2.45, 2.75) is 19.4 Å². The number of hydrogen-bond donors (Lipinski definition) is 1. The SMILES string of the molecule is CC1Cc2ccccc2N1C(=O)c1ccnc(Nc2ccc(C#N)cc2)n1. The van der Waals surface area contributed by atoms with Crippen LogP contribution < -0.4 is 10.2 Å². The molecule has 0 spiro atoms. The molecule has 27 heavy (non-hydrogen) atoms. The Hall–Kier alpha value is -3.72. The fourth-order valence-corrected chi connectivity index (χ4v) is 3.29. The molecule has 6 nitrogen and oxygen atoms in total. The number of hydrogen-bond acceptors (Lipinski definition) is 5. The zero-order valence-electron chi connectivity index (χ0n) is 14.8. The maximum absolute atomic E-state index is 13.1. The lowest BCUT2D eigenvalue weighted by Crippen LogP contribution is -2.36. The van der Waals surface area contributed by atoms with Gasteiger partial charge in [0.15, 0.2) is 0 Å². The summed E-state index contributed by atoms with van der Waals surface area (Å²) in [6.45, 7) is 2.04. The van der Waals surface area contributed by atoms with Crippen LogP contribution in [-0.4, -0.2) is 21.9 Å². The van der Waals surface area contributed by atoms with Gasteiger partial charge in [0.2, 0.25) is 5.95 Å². The van der Waals surface area contributed by atoms with Crippen molar-refractivity contribution in [3.63, 3.8) is 0 Å². The molecule has 1 aliphatic heterocycles. The predicted molar refractivity (Wildman–Crippen MR) is 103 cm³/mol. The number of carbonyl (C=O) groups is 1. The van der Waals surface area contributed by atoms with E-state index in [0.717, 1.165) is 17.8 Å². The third-order valence-electron chi connectivity index (χ3n) is 4.57. The molecule has 1 amide bonds. The van der Waals surface area contributed by atoms with Gasteiger partial charge in [-0.25, -0.2) is 9.97 Å². The highest BCUT2D eigenvalue weighted by Gasteiger charge is 2.31. The van der Waals surface area contributed by atoms with Gasteiger partial charge in [-0.3, -0.25) is 4.79 Å². The minimum absolute atomic E-state index is 0.0831. The Labute approximate surface area is 157 Å². The number of nitrogens with zero attached hydrogens (tertiary/aromatic N) is 4. The molecular weight excluding hydrogens is 338 g/mol. The first kappa shape index (κ1) is 16.7. The third-order valence-corrected chi connectivity index (χ3v) is 4.57. The van der Waals surface area contributed by atoms with Crippen molar-refractivity contribution in [2.24, 2.45) is 0 Å². The predicted octanol–water partition coefficient (Wildman–Crippen LogP) is 3.68. The first-order chi connectivity index (χ1) is 13.2. The summed E-state index contributed by atoms with van der Waals surface area (Å²) in [7, 11) is 0. The highest BCUT2D eigenvalue weighted by molar-refractivity contribution is 6.06. The molecule has 0 radical (unpaired) electrons. The van der Waals surface area contributed by atoms with Crippen LogP contribution in [0.5, 0.6) is 0 Å². The number of para-hydroxylation sites is 1. The van der Waals surface area contributed by atoms with E-state index in [1.807, 2.05) is 25.1 Å². The molecule has 2 heterocycles. The molecule has 1 aliphatic rings. The average molecular weight is 355 g/mol. The van der Waals surface area contributed by atoms with Gasteiger partial charge in [0.05, 0.1) is 11.6 Å². The van der Waals surface area contributed by atoms with E-state index in [1.54, 1.807) is 41.4 Å². The fourth-order valence-electron chi connectivity index (χ4n) is 3.29. The number of nitriles is 1. The molecule has 4 rings (SSSR count). The maximum Gasteiger partial charge on any atom is 0.277 e. The van der Waals surface area contributed by atoms with Gasteiger partial charge in [-0.2, -0.15) is 5.26 Å². The van der Waals surface area contributed by atoms with Gasteiger partial charge < -0.3 is 10.2 Å². The van der Waals surface area contributed by atoms with Crippen LogP contribution in [-0.2, 0) is 6.42 Å². The van der Waals surface area contributed by atoms with Gasteiger partial charge in [0.25, 0.3) is 5.91 Å². The second kappa shape index (κ2) is 6.89. The largest absolute Gasteiger partial charge is 0.324 e. The molecule has 0 fully saturated rings. The summed E-state index contributed by atoms with van der Waals surface area (Å²) in [6, 6.07) is 18.7. The van der Waals surface area contributed by atoms with Crippen molar-refractivity contribution >= 4 is 23.2 Å². The van der Waals surface area contributed by atoms with E-state index in [9.17, 15) is 4.79 Å². The smallest absolute Gasteiger partial charge is 0.277 e. The lowest BCUT2D eigenvalue weighted by atomic mass is 10.1. The molecular formula is C21H17N5O. The second-order valence-electron chi connectivity index (χ2n) is 6.44. The summed E-state index contributed by atoms with van der Waals surface area (Å²) in [6.07, 6.45) is 2.40. The van der Waals surface area contributed by atoms with Gasteiger partial charge >= 0.3 is 0 Å². The lowest BCUT2D eigenvalue weighted by molar-refractivity contribution is 0.0976. The second-order valence-corrected chi connectivity index (χ2v) is 6.44. The van der Waals surface area contributed by atoms with E-state index in [-0.39, 0.29) is 11.9 Å². The quantitative estimate of drug-likeness (QED) is 0.775. The molecule has 0 saturated heterocycles. The van der Waals surface area contributed by atoms with E-state index in [0.29, 0.717) is 17.2 Å². The summed E-state index contributed by atoms with van der Waals surface area (Å²) in [5.41, 5.74) is 3.77. The van der Waals surface area contributed by atoms with Crippen molar-refractivity contribution in [3.05, 3.63) is 77.6 Å². The highest BCUT2D eigenvalue weighted by Crippen LogP contribution is 2.32. The molecule has 1 unspecified atom stereocenters. The van der Waals surface area contributed by atoms with Crippen molar-refractivity contribution < 1.29 is 4.79 Å². The number of aromatic nitrogens is 2. The Morgan fingerprint density at radius 2 is 1.96 bits per heavy atom. The fraction of sp³-hybridized carbons (Fsp3) is 0.143. The number of carbonyl (C=O) groups excluding carboxylic acids is 1. The molecule has 0 saturated carbocycles. The molecule has 2 aromatic carbocycles. The van der Waals surface area contributed by atoms with E-state index < -0.39 is 0 Å². The van der Waals surface area contributed by atoms with Gasteiger partial charge in [0, 0.05) is 23.6 Å². The van der Waals surface area contributed by atoms with Crippen LogP contribution >= 0.6 is 0 Å². The summed E-state index contributed by atoms with van der Waals surface area (Å²) >= 11 is 0. The van der Waals surface area contributed by atoms with Crippen LogP contribution in [0.15, 0.2) is 60.8 Å². The molecule has 1 aromatic heterocycles. The van der Waals surface area contributed by atoms with Crippen LogP contribution in [0.4, 0.5) is 17.3 Å². The van der Waals surface area contributed by atoms with Gasteiger partial charge in [0.1, 0.15) is 5.69 Å². The van der Waals surface area contributed by atoms with E-state index in [2.05, 4.69) is 27.4 Å². The van der Waals surface area contributed by atoms with Gasteiger partial charge in [-0.15, -0.1) is 0 Å². The monoisotopic (exact) mass is 355 g/mol. The standard InChI is InChI=1S/C21H17N5O/c1-14-12-16-4-2-3-5-19(16)26(14)20(27)18-10-11-23-21(25-18)24-17-8-6-15(13-22)7-9-17/h2-11,14H,12H2,1H3,(H,23,24,25). The molecule has 0 bridgehead atoms. The summed E-state index contributed by atoms with van der Waals surface area (Å²) in [4.78, 5) is 23.5. The molecule has 1 atom stereocenters. The number of nitrogens with one attached hydrogen (secondary N) is 1. The van der Waals surface area contributed by atoms with Crippen molar-refractivity contribution in [2.75, 3.05) is 10.2 Å². The van der Waals surface area contributed by atoms with Crippen molar-refractivity contribution in [1.29, 1.82) is 5.26 Å². The molecule has 0 aliphatic carbocycles. The Bertz CT molecular complexity index is 1040. The highest BCUT2D eigenvalue weighted by atomic mass is 16.2. The van der Waals surface area contributed by atoms with Crippen molar-refractivity contribution in [1.82, 2.24) is 9.97 Å². The van der Waals surface area contributed by atoms with Crippen LogP contribution in [0.25, 0.3) is 0 Å². The Morgan fingerprint density at radius 3 is 2.74 bits per heavy atom. The summed E-state index contributed by atoms with van der Waals surface area (Å²) < 4.78 is 0. The Morgan fingerprint density at radius 1 is 1.19 bits per heavy atom. The topological polar surface area (TPSA) is 81.9 Å². The summed E-state index contributed by atoms with van der Waals surface area (Å²) in [5.74, 6) is 0.198. The van der Waals surface area contributed by atoms with Gasteiger partial charge in [-0.1, -0.05) is 18.2 Å². The number of anilines is 3. The van der Waals surface area contributed by atoms with Crippen LogP contribution in [0.1, 0.15) is 28.5 Å². The first-order valence-electron chi connectivity index (χ1n) is 8.67. The van der Waals surface area contributed by atoms with E-state index in [1.165, 1.54) is 5.56 Å². The minimum Gasteiger partial charge on any atom is -0.324 e. The zero-order chi connectivity index (χ0) is 18.8. The lowest BCUT2D eigenvalue weighted by Gasteiger charge is -2.22. The number of amides is 1. The van der Waals surface area contributed by atoms with Crippen molar-refractivity contribution in [3.8, 4) is 6.07 Å². The third kappa shape index (κ3) is 3.23. The normalized spacial score (nSPS) is 15.1. The van der Waals surface area contributed by atoms with Crippen LogP contribution in [0.3, 0.4) is 0 Å². The Kier molecular flexibility index (Phi) is 4.27. The maximum atomic E-state index is 13.1. The van der Waals surface area contributed by atoms with E-state index in [4.69, 9.17) is 5.26 Å². The van der Waals surface area contributed by atoms with Gasteiger partial charge in [-0.05, 0) is 55.3 Å².